The van der Waals surface area contributed by atoms with E-state index in [-0.39, 0.29) is 5.97 Å². The van der Waals surface area contributed by atoms with Crippen LogP contribution in [-0.4, -0.2) is 19.6 Å². The minimum absolute atomic E-state index is 0.189. The van der Waals surface area contributed by atoms with Crippen LogP contribution >= 0.6 is 0 Å². The Labute approximate surface area is 96.8 Å². The second-order valence-electron chi connectivity index (χ2n) is 4.03. The molecule has 1 rings (SSSR count). The van der Waals surface area contributed by atoms with Crippen molar-refractivity contribution >= 4 is 11.7 Å². The van der Waals surface area contributed by atoms with Crippen molar-refractivity contribution in [3.8, 4) is 0 Å². The molecule has 0 amide bonds. The van der Waals surface area contributed by atoms with Crippen LogP contribution in [0.3, 0.4) is 0 Å². The standard InChI is InChI=1S/C13H19NO2/c1-10(2)11-4-6-12(7-5-11)14-9-8-13(15)16-3/h4-7,10,14H,8-9H2,1-3H3. The zero-order valence-corrected chi connectivity index (χ0v) is 10.1. The fraction of sp³-hybridized carbons (Fsp3) is 0.462. The Morgan fingerprint density at radius 2 is 1.94 bits per heavy atom. The summed E-state index contributed by atoms with van der Waals surface area (Å²) in [6.45, 7) is 4.94. The predicted octanol–water partition coefficient (Wildman–Crippen LogP) is 2.79. The van der Waals surface area contributed by atoms with Gasteiger partial charge < -0.3 is 10.1 Å². The lowest BCUT2D eigenvalue weighted by atomic mass is 10.0. The van der Waals surface area contributed by atoms with E-state index in [2.05, 4.69) is 36.0 Å². The molecule has 1 aromatic carbocycles. The van der Waals surface area contributed by atoms with Gasteiger partial charge in [-0.2, -0.15) is 0 Å². The summed E-state index contributed by atoms with van der Waals surface area (Å²) < 4.78 is 4.56. The molecular weight excluding hydrogens is 202 g/mol. The van der Waals surface area contributed by atoms with Crippen LogP contribution in [0.1, 0.15) is 31.7 Å². The lowest BCUT2D eigenvalue weighted by Crippen LogP contribution is -2.09. The molecule has 0 heterocycles. The maximum atomic E-state index is 10.9. The number of nitrogens with one attached hydrogen (secondary N) is 1. The highest BCUT2D eigenvalue weighted by Crippen LogP contribution is 2.16. The first-order valence-corrected chi connectivity index (χ1v) is 5.54. The fourth-order valence-electron chi connectivity index (χ4n) is 1.40. The fourth-order valence-corrected chi connectivity index (χ4v) is 1.40. The molecule has 1 aromatic rings. The van der Waals surface area contributed by atoms with Gasteiger partial charge >= 0.3 is 5.97 Å². The summed E-state index contributed by atoms with van der Waals surface area (Å²) in [5.74, 6) is 0.357. The van der Waals surface area contributed by atoms with Gasteiger partial charge in [-0.25, -0.2) is 0 Å². The Morgan fingerprint density at radius 3 is 2.44 bits per heavy atom. The highest BCUT2D eigenvalue weighted by Gasteiger charge is 2.00. The quantitative estimate of drug-likeness (QED) is 0.777. The summed E-state index contributed by atoms with van der Waals surface area (Å²) in [6, 6.07) is 8.27. The molecule has 0 saturated heterocycles. The largest absolute Gasteiger partial charge is 0.469 e. The minimum atomic E-state index is -0.189. The number of carbonyl (C=O) groups excluding carboxylic acids is 1. The Balaban J connectivity index is 2.40. The van der Waals surface area contributed by atoms with E-state index in [1.165, 1.54) is 12.7 Å². The van der Waals surface area contributed by atoms with Crippen molar-refractivity contribution in [2.75, 3.05) is 19.0 Å². The molecule has 0 unspecified atom stereocenters. The molecule has 0 aliphatic heterocycles. The topological polar surface area (TPSA) is 38.3 Å². The van der Waals surface area contributed by atoms with E-state index in [9.17, 15) is 4.79 Å². The summed E-state index contributed by atoms with van der Waals surface area (Å²) >= 11 is 0. The van der Waals surface area contributed by atoms with Crippen molar-refractivity contribution < 1.29 is 9.53 Å². The SMILES string of the molecule is COC(=O)CCNc1ccc(C(C)C)cc1. The molecule has 0 aliphatic rings. The molecule has 0 spiro atoms. The first-order valence-electron chi connectivity index (χ1n) is 5.54. The number of ether oxygens (including phenoxy) is 1. The van der Waals surface area contributed by atoms with Gasteiger partial charge in [0, 0.05) is 12.2 Å². The molecule has 0 aliphatic carbocycles. The van der Waals surface area contributed by atoms with Crippen molar-refractivity contribution in [2.45, 2.75) is 26.2 Å². The van der Waals surface area contributed by atoms with Gasteiger partial charge in [0.15, 0.2) is 0 Å². The third kappa shape index (κ3) is 3.93. The maximum absolute atomic E-state index is 10.9. The van der Waals surface area contributed by atoms with E-state index in [4.69, 9.17) is 0 Å². The number of rotatable bonds is 5. The summed E-state index contributed by atoms with van der Waals surface area (Å²) in [6.07, 6.45) is 0.391. The number of anilines is 1. The second-order valence-corrected chi connectivity index (χ2v) is 4.03. The number of hydrogen-bond acceptors (Lipinski definition) is 3. The van der Waals surface area contributed by atoms with Crippen LogP contribution in [0.25, 0.3) is 0 Å². The van der Waals surface area contributed by atoms with Crippen molar-refractivity contribution in [3.05, 3.63) is 29.8 Å². The molecule has 1 N–H and O–H groups in total. The van der Waals surface area contributed by atoms with Crippen LogP contribution in [0.2, 0.25) is 0 Å². The van der Waals surface area contributed by atoms with Gasteiger partial charge in [0.05, 0.1) is 13.5 Å². The Bertz CT molecular complexity index is 330. The monoisotopic (exact) mass is 221 g/mol. The lowest BCUT2D eigenvalue weighted by molar-refractivity contribution is -0.140. The van der Waals surface area contributed by atoms with Crippen molar-refractivity contribution in [1.29, 1.82) is 0 Å². The predicted molar refractivity (Wildman–Crippen MR) is 65.7 cm³/mol. The number of esters is 1. The van der Waals surface area contributed by atoms with Gasteiger partial charge in [-0.3, -0.25) is 4.79 Å². The van der Waals surface area contributed by atoms with Crippen LogP contribution in [-0.2, 0) is 9.53 Å². The van der Waals surface area contributed by atoms with Crippen LogP contribution in [0.4, 0.5) is 5.69 Å². The third-order valence-corrected chi connectivity index (χ3v) is 2.46. The molecule has 16 heavy (non-hydrogen) atoms. The average Bonchev–Trinajstić information content (AvgIpc) is 2.29. The Hall–Kier alpha value is -1.51. The Kier molecular flexibility index (Phi) is 4.83. The van der Waals surface area contributed by atoms with Gasteiger partial charge in [0.25, 0.3) is 0 Å². The van der Waals surface area contributed by atoms with E-state index in [1.807, 2.05) is 12.1 Å². The highest BCUT2D eigenvalue weighted by molar-refractivity contribution is 5.69. The minimum Gasteiger partial charge on any atom is -0.469 e. The highest BCUT2D eigenvalue weighted by atomic mass is 16.5. The molecule has 0 aromatic heterocycles. The van der Waals surface area contributed by atoms with Crippen LogP contribution in [0.5, 0.6) is 0 Å². The molecule has 0 saturated carbocycles. The van der Waals surface area contributed by atoms with E-state index < -0.39 is 0 Å². The first-order chi connectivity index (χ1) is 7.63. The van der Waals surface area contributed by atoms with E-state index in [1.54, 1.807) is 0 Å². The van der Waals surface area contributed by atoms with Gasteiger partial charge in [-0.15, -0.1) is 0 Å². The van der Waals surface area contributed by atoms with Crippen molar-refractivity contribution in [3.63, 3.8) is 0 Å². The Morgan fingerprint density at radius 1 is 1.31 bits per heavy atom. The van der Waals surface area contributed by atoms with Gasteiger partial charge in [0.1, 0.15) is 0 Å². The number of hydrogen-bond donors (Lipinski definition) is 1. The smallest absolute Gasteiger partial charge is 0.307 e. The first kappa shape index (κ1) is 12.6. The van der Waals surface area contributed by atoms with Crippen molar-refractivity contribution in [2.24, 2.45) is 0 Å². The van der Waals surface area contributed by atoms with E-state index in [0.29, 0.717) is 18.9 Å². The zero-order chi connectivity index (χ0) is 12.0. The normalized spacial score (nSPS) is 10.2. The molecule has 0 bridgehead atoms. The summed E-state index contributed by atoms with van der Waals surface area (Å²) in [5, 5.41) is 3.18. The lowest BCUT2D eigenvalue weighted by Gasteiger charge is -2.08. The van der Waals surface area contributed by atoms with E-state index in [0.717, 1.165) is 5.69 Å². The number of methoxy groups -OCH3 is 1. The molecule has 0 radical (unpaired) electrons. The molecule has 3 heteroatoms. The van der Waals surface area contributed by atoms with Crippen LogP contribution < -0.4 is 5.32 Å². The van der Waals surface area contributed by atoms with Gasteiger partial charge in [-0.05, 0) is 23.6 Å². The van der Waals surface area contributed by atoms with Crippen LogP contribution in [0, 0.1) is 0 Å². The number of carbonyl (C=O) groups is 1. The average molecular weight is 221 g/mol. The number of benzene rings is 1. The summed E-state index contributed by atoms with van der Waals surface area (Å²) in [5.41, 5.74) is 2.35. The van der Waals surface area contributed by atoms with E-state index >= 15 is 0 Å². The van der Waals surface area contributed by atoms with Crippen molar-refractivity contribution in [1.82, 2.24) is 0 Å². The molecule has 0 atom stereocenters. The van der Waals surface area contributed by atoms with Gasteiger partial charge in [0.2, 0.25) is 0 Å². The molecule has 0 fully saturated rings. The van der Waals surface area contributed by atoms with Gasteiger partial charge in [-0.1, -0.05) is 26.0 Å². The molecule has 88 valence electrons. The maximum Gasteiger partial charge on any atom is 0.307 e. The molecule has 3 nitrogen and oxygen atoms in total. The third-order valence-electron chi connectivity index (χ3n) is 2.46. The second kappa shape index (κ2) is 6.16. The van der Waals surface area contributed by atoms with Crippen LogP contribution in [0.15, 0.2) is 24.3 Å². The summed E-state index contributed by atoms with van der Waals surface area (Å²) in [7, 11) is 1.40. The molecular formula is C13H19NO2. The summed E-state index contributed by atoms with van der Waals surface area (Å²) in [4.78, 5) is 10.9. The zero-order valence-electron chi connectivity index (χ0n) is 10.1.